The van der Waals surface area contributed by atoms with E-state index >= 15 is 0 Å². The van der Waals surface area contributed by atoms with E-state index in [4.69, 9.17) is 0 Å². The number of carbonyl (C=O) groups excluding carboxylic acids is 1. The van der Waals surface area contributed by atoms with Gasteiger partial charge in [0.05, 0.1) is 5.69 Å². The van der Waals surface area contributed by atoms with Gasteiger partial charge in [0, 0.05) is 36.3 Å². The molecule has 2 aromatic heterocycles. The molecule has 1 amide bonds. The molecular weight excluding hydrogens is 284 g/mol. The molecule has 0 atom stereocenters. The van der Waals surface area contributed by atoms with Gasteiger partial charge in [0.1, 0.15) is 11.3 Å². The first-order chi connectivity index (χ1) is 10.3. The highest BCUT2D eigenvalue weighted by Gasteiger charge is 2.06. The van der Waals surface area contributed by atoms with Crippen molar-refractivity contribution in [1.29, 1.82) is 0 Å². The Morgan fingerprint density at radius 1 is 1.29 bits per heavy atom. The number of nitrogens with zero attached hydrogens (tertiary/aromatic N) is 3. The number of carbonyl (C=O) groups is 1. The zero-order chi connectivity index (χ0) is 14.5. The fraction of sp³-hybridized carbons (Fsp3) is 0.133. The van der Waals surface area contributed by atoms with Crippen LogP contribution in [0, 0.1) is 0 Å². The Hall–Kier alpha value is -2.47. The molecule has 1 N–H and O–H groups in total. The van der Waals surface area contributed by atoms with Crippen LogP contribution in [-0.2, 0) is 6.42 Å². The molecule has 3 rings (SSSR count). The van der Waals surface area contributed by atoms with Gasteiger partial charge in [0.25, 0.3) is 0 Å². The van der Waals surface area contributed by atoms with Crippen LogP contribution in [0.1, 0.15) is 5.69 Å². The van der Waals surface area contributed by atoms with E-state index in [1.807, 2.05) is 35.7 Å². The van der Waals surface area contributed by atoms with Crippen molar-refractivity contribution in [3.8, 4) is 10.6 Å². The Bertz CT molecular complexity index is 706. The van der Waals surface area contributed by atoms with Crippen LogP contribution >= 0.6 is 11.3 Å². The largest absolute Gasteiger partial charge is 0.337 e. The highest BCUT2D eigenvalue weighted by molar-refractivity contribution is 7.13. The number of aromatic nitrogens is 3. The van der Waals surface area contributed by atoms with E-state index in [9.17, 15) is 4.79 Å². The van der Waals surface area contributed by atoms with Gasteiger partial charge < -0.3 is 5.32 Å². The summed E-state index contributed by atoms with van der Waals surface area (Å²) in [6.45, 7) is 0.551. The third-order valence-electron chi connectivity index (χ3n) is 2.97. The smallest absolute Gasteiger partial charge is 0.326 e. The highest BCUT2D eigenvalue weighted by Crippen LogP contribution is 2.23. The molecule has 5 nitrogen and oxygen atoms in total. The average Bonchev–Trinajstić information content (AvgIpc) is 3.20. The number of nitrogens with one attached hydrogen (secondary N) is 1. The maximum atomic E-state index is 11.7. The van der Waals surface area contributed by atoms with Crippen molar-refractivity contribution < 1.29 is 4.79 Å². The summed E-state index contributed by atoms with van der Waals surface area (Å²) < 4.78 is 1.41. The van der Waals surface area contributed by atoms with Gasteiger partial charge in [-0.2, -0.15) is 0 Å². The van der Waals surface area contributed by atoms with Crippen LogP contribution in [0.15, 0.2) is 54.4 Å². The lowest BCUT2D eigenvalue weighted by atomic mass is 10.2. The SMILES string of the molecule is O=C(NCCc1csc(-c2ccccc2)n1)n1ccnc1. The van der Waals surface area contributed by atoms with Gasteiger partial charge in [-0.3, -0.25) is 4.57 Å². The first-order valence-electron chi connectivity index (χ1n) is 6.59. The second-order valence-corrected chi connectivity index (χ2v) is 5.32. The number of imidazole rings is 1. The highest BCUT2D eigenvalue weighted by atomic mass is 32.1. The van der Waals surface area contributed by atoms with Crippen molar-refractivity contribution in [2.75, 3.05) is 6.54 Å². The van der Waals surface area contributed by atoms with Crippen molar-refractivity contribution in [3.63, 3.8) is 0 Å². The van der Waals surface area contributed by atoms with Gasteiger partial charge in [-0.05, 0) is 0 Å². The quantitative estimate of drug-likeness (QED) is 0.805. The van der Waals surface area contributed by atoms with Crippen molar-refractivity contribution in [1.82, 2.24) is 19.9 Å². The maximum Gasteiger partial charge on any atom is 0.326 e. The Kier molecular flexibility index (Phi) is 4.07. The van der Waals surface area contributed by atoms with Crippen molar-refractivity contribution >= 4 is 17.4 Å². The first kappa shape index (κ1) is 13.5. The number of thiazole rings is 1. The molecule has 1 aromatic carbocycles. The van der Waals surface area contributed by atoms with Crippen LogP contribution in [0.4, 0.5) is 4.79 Å². The first-order valence-corrected chi connectivity index (χ1v) is 7.47. The van der Waals surface area contributed by atoms with E-state index in [-0.39, 0.29) is 6.03 Å². The standard InChI is InChI=1S/C15H14N4OS/c20-15(19-9-8-16-11-19)17-7-6-13-10-21-14(18-13)12-4-2-1-3-5-12/h1-5,8-11H,6-7H2,(H,17,20). The molecule has 0 bridgehead atoms. The molecule has 0 unspecified atom stereocenters. The van der Waals surface area contributed by atoms with E-state index in [0.717, 1.165) is 16.3 Å². The molecule has 0 radical (unpaired) electrons. The van der Waals surface area contributed by atoms with Crippen LogP contribution in [0.5, 0.6) is 0 Å². The van der Waals surface area contributed by atoms with Crippen molar-refractivity contribution in [2.45, 2.75) is 6.42 Å². The molecule has 0 aliphatic rings. The summed E-state index contributed by atoms with van der Waals surface area (Å²) in [7, 11) is 0. The van der Waals surface area contributed by atoms with Gasteiger partial charge in [0.2, 0.25) is 0 Å². The normalized spacial score (nSPS) is 10.5. The summed E-state index contributed by atoms with van der Waals surface area (Å²) in [4.78, 5) is 20.1. The second kappa shape index (κ2) is 6.32. The fourth-order valence-electron chi connectivity index (χ4n) is 1.90. The lowest BCUT2D eigenvalue weighted by Crippen LogP contribution is -2.29. The van der Waals surface area contributed by atoms with E-state index in [0.29, 0.717) is 13.0 Å². The van der Waals surface area contributed by atoms with Gasteiger partial charge >= 0.3 is 6.03 Å². The van der Waals surface area contributed by atoms with Gasteiger partial charge in [-0.25, -0.2) is 14.8 Å². The molecular formula is C15H14N4OS. The molecule has 0 fully saturated rings. The number of benzene rings is 1. The molecule has 0 spiro atoms. The van der Waals surface area contributed by atoms with Crippen LogP contribution < -0.4 is 5.32 Å². The molecule has 0 aliphatic heterocycles. The van der Waals surface area contributed by atoms with Crippen molar-refractivity contribution in [3.05, 3.63) is 60.1 Å². The van der Waals surface area contributed by atoms with Crippen LogP contribution in [-0.4, -0.2) is 27.1 Å². The monoisotopic (exact) mass is 298 g/mol. The third-order valence-corrected chi connectivity index (χ3v) is 3.91. The van der Waals surface area contributed by atoms with Crippen molar-refractivity contribution in [2.24, 2.45) is 0 Å². The second-order valence-electron chi connectivity index (χ2n) is 4.46. The predicted octanol–water partition coefficient (Wildman–Crippen LogP) is 2.81. The predicted molar refractivity (Wildman–Crippen MR) is 82.3 cm³/mol. The zero-order valence-electron chi connectivity index (χ0n) is 11.3. The average molecular weight is 298 g/mol. The number of amides is 1. The summed E-state index contributed by atoms with van der Waals surface area (Å²) in [6.07, 6.45) is 5.38. The number of rotatable bonds is 4. The molecule has 3 aromatic rings. The molecule has 21 heavy (non-hydrogen) atoms. The van der Waals surface area contributed by atoms with Crippen LogP contribution in [0.25, 0.3) is 10.6 Å². The Morgan fingerprint density at radius 2 is 2.14 bits per heavy atom. The minimum Gasteiger partial charge on any atom is -0.337 e. The Balaban J connectivity index is 1.55. The number of hydrogen-bond donors (Lipinski definition) is 1. The van der Waals surface area contributed by atoms with E-state index in [1.165, 1.54) is 10.9 Å². The lowest BCUT2D eigenvalue weighted by Gasteiger charge is -2.03. The Labute approximate surface area is 126 Å². The molecule has 0 saturated carbocycles. The summed E-state index contributed by atoms with van der Waals surface area (Å²) in [6, 6.07) is 9.91. The fourth-order valence-corrected chi connectivity index (χ4v) is 2.76. The van der Waals surface area contributed by atoms with Gasteiger partial charge in [0.15, 0.2) is 0 Å². The zero-order valence-corrected chi connectivity index (χ0v) is 12.1. The lowest BCUT2D eigenvalue weighted by molar-refractivity contribution is 0.242. The minimum atomic E-state index is -0.175. The number of hydrogen-bond acceptors (Lipinski definition) is 4. The van der Waals surface area contributed by atoms with E-state index in [1.54, 1.807) is 23.7 Å². The summed E-state index contributed by atoms with van der Waals surface area (Å²) in [5.41, 5.74) is 2.11. The van der Waals surface area contributed by atoms with Gasteiger partial charge in [-0.1, -0.05) is 30.3 Å². The van der Waals surface area contributed by atoms with E-state index in [2.05, 4.69) is 15.3 Å². The Morgan fingerprint density at radius 3 is 2.90 bits per heavy atom. The molecule has 6 heteroatoms. The van der Waals surface area contributed by atoms with Gasteiger partial charge in [-0.15, -0.1) is 11.3 Å². The summed E-state index contributed by atoms with van der Waals surface area (Å²) in [5.74, 6) is 0. The maximum absolute atomic E-state index is 11.7. The minimum absolute atomic E-state index is 0.175. The summed E-state index contributed by atoms with van der Waals surface area (Å²) >= 11 is 1.62. The molecule has 2 heterocycles. The molecule has 106 valence electrons. The molecule has 0 aliphatic carbocycles. The third kappa shape index (κ3) is 3.35. The van der Waals surface area contributed by atoms with Crippen LogP contribution in [0.3, 0.4) is 0 Å². The molecule has 0 saturated heterocycles. The van der Waals surface area contributed by atoms with E-state index < -0.39 is 0 Å². The summed E-state index contributed by atoms with van der Waals surface area (Å²) in [5, 5.41) is 5.87. The topological polar surface area (TPSA) is 59.8 Å². The van der Waals surface area contributed by atoms with Crippen LogP contribution in [0.2, 0.25) is 0 Å².